The summed E-state index contributed by atoms with van der Waals surface area (Å²) in [6.45, 7) is 1.99. The summed E-state index contributed by atoms with van der Waals surface area (Å²) in [5, 5.41) is 0.931. The van der Waals surface area contributed by atoms with Gasteiger partial charge in [-0.2, -0.15) is 0 Å². The van der Waals surface area contributed by atoms with Gasteiger partial charge in [-0.05, 0) is 42.8 Å². The van der Waals surface area contributed by atoms with Gasteiger partial charge < -0.3 is 10.7 Å². The molecule has 0 saturated heterocycles. The van der Waals surface area contributed by atoms with Crippen LogP contribution in [-0.2, 0) is 0 Å². The lowest BCUT2D eigenvalue weighted by Crippen LogP contribution is -2.04. The quantitative estimate of drug-likeness (QED) is 0.465. The lowest BCUT2D eigenvalue weighted by atomic mass is 10.1. The SMILES string of the molecule is C/N=c1\ccc2nc3cc(C)c(N)cc3[nH]c-2c1. The smallest absolute Gasteiger partial charge is 0.0876 e. The Morgan fingerprint density at radius 2 is 2.06 bits per heavy atom. The molecule has 3 N–H and O–H groups in total. The molecule has 0 amide bonds. The highest BCUT2D eigenvalue weighted by Gasteiger charge is 2.07. The van der Waals surface area contributed by atoms with Crippen LogP contribution in [0.15, 0.2) is 35.3 Å². The number of nitrogens with one attached hydrogen (secondary N) is 1. The highest BCUT2D eigenvalue weighted by atomic mass is 14.8. The van der Waals surface area contributed by atoms with Crippen LogP contribution in [0.5, 0.6) is 0 Å². The van der Waals surface area contributed by atoms with Gasteiger partial charge in [0.2, 0.25) is 0 Å². The summed E-state index contributed by atoms with van der Waals surface area (Å²) < 4.78 is 0. The molecule has 18 heavy (non-hydrogen) atoms. The molecule has 0 atom stereocenters. The zero-order valence-corrected chi connectivity index (χ0v) is 10.4. The van der Waals surface area contributed by atoms with Gasteiger partial charge in [-0.15, -0.1) is 0 Å². The van der Waals surface area contributed by atoms with Crippen molar-refractivity contribution >= 4 is 16.7 Å². The van der Waals surface area contributed by atoms with Crippen LogP contribution in [0.1, 0.15) is 5.56 Å². The molecule has 1 aromatic rings. The second kappa shape index (κ2) is 3.84. The summed E-state index contributed by atoms with van der Waals surface area (Å²) in [6.07, 6.45) is 0. The molecular weight excluding hydrogens is 224 g/mol. The number of anilines is 1. The van der Waals surface area contributed by atoms with Crippen molar-refractivity contribution in [3.63, 3.8) is 0 Å². The number of aromatic nitrogens is 2. The summed E-state index contributed by atoms with van der Waals surface area (Å²) in [6, 6.07) is 9.84. The van der Waals surface area contributed by atoms with E-state index in [2.05, 4.69) is 15.0 Å². The van der Waals surface area contributed by atoms with Crippen LogP contribution in [0.4, 0.5) is 5.69 Å². The second-order valence-corrected chi connectivity index (χ2v) is 4.39. The van der Waals surface area contributed by atoms with Gasteiger partial charge >= 0.3 is 0 Å². The predicted molar refractivity (Wildman–Crippen MR) is 73.4 cm³/mol. The summed E-state index contributed by atoms with van der Waals surface area (Å²) in [5.41, 5.74) is 11.5. The standard InChI is InChI=1S/C14H14N4/c1-8-5-12-14(7-10(8)15)18-13-6-9(16-2)3-4-11(13)17-12/h3-7,18H,15H2,1-2H3/b16-9+. The molecule has 2 aliphatic rings. The van der Waals surface area contributed by atoms with Gasteiger partial charge in [0.15, 0.2) is 0 Å². The van der Waals surface area contributed by atoms with Gasteiger partial charge in [0, 0.05) is 12.7 Å². The Morgan fingerprint density at radius 1 is 1.22 bits per heavy atom. The Hall–Kier alpha value is -2.36. The molecule has 4 nitrogen and oxygen atoms in total. The summed E-state index contributed by atoms with van der Waals surface area (Å²) in [7, 11) is 1.77. The van der Waals surface area contributed by atoms with E-state index in [0.29, 0.717) is 0 Å². The predicted octanol–water partition coefficient (Wildman–Crippen LogP) is 2.09. The zero-order valence-electron chi connectivity index (χ0n) is 10.4. The van der Waals surface area contributed by atoms with Gasteiger partial charge in [0.05, 0.1) is 27.8 Å². The minimum Gasteiger partial charge on any atom is -0.398 e. The minimum absolute atomic E-state index is 0.774. The number of benzene rings is 2. The zero-order chi connectivity index (χ0) is 12.7. The van der Waals surface area contributed by atoms with E-state index >= 15 is 0 Å². The molecule has 3 rings (SSSR count). The number of hydrogen-bond acceptors (Lipinski definition) is 3. The number of nitrogens with two attached hydrogens (primary N) is 1. The maximum atomic E-state index is 5.92. The van der Waals surface area contributed by atoms with Crippen molar-refractivity contribution in [1.29, 1.82) is 0 Å². The van der Waals surface area contributed by atoms with Crippen LogP contribution in [0, 0.1) is 6.92 Å². The Morgan fingerprint density at radius 3 is 2.83 bits per heavy atom. The molecule has 4 heteroatoms. The molecule has 0 bridgehead atoms. The number of fused-ring (bicyclic) bond motifs is 2. The Labute approximate surface area is 105 Å². The van der Waals surface area contributed by atoms with Crippen molar-refractivity contribution in [2.24, 2.45) is 4.99 Å². The van der Waals surface area contributed by atoms with Gasteiger partial charge in [-0.1, -0.05) is 0 Å². The largest absolute Gasteiger partial charge is 0.398 e. The van der Waals surface area contributed by atoms with E-state index in [9.17, 15) is 0 Å². The van der Waals surface area contributed by atoms with Crippen LogP contribution in [0.3, 0.4) is 0 Å². The van der Waals surface area contributed by atoms with E-state index in [-0.39, 0.29) is 0 Å². The number of H-pyrrole nitrogens is 1. The summed E-state index contributed by atoms with van der Waals surface area (Å²) in [5.74, 6) is 0. The molecule has 1 aliphatic heterocycles. The van der Waals surface area contributed by atoms with Crippen molar-refractivity contribution in [3.8, 4) is 11.4 Å². The third kappa shape index (κ3) is 1.62. The highest BCUT2D eigenvalue weighted by molar-refractivity contribution is 5.83. The molecule has 0 aromatic heterocycles. The lowest BCUT2D eigenvalue weighted by Gasteiger charge is -2.09. The van der Waals surface area contributed by atoms with Crippen molar-refractivity contribution in [2.45, 2.75) is 6.92 Å². The molecule has 0 saturated carbocycles. The molecule has 0 fully saturated rings. The average Bonchev–Trinajstić information content (AvgIpc) is 2.37. The Kier molecular flexibility index (Phi) is 2.30. The molecule has 1 aromatic carbocycles. The van der Waals surface area contributed by atoms with Crippen LogP contribution >= 0.6 is 0 Å². The third-order valence-corrected chi connectivity index (χ3v) is 3.13. The lowest BCUT2D eigenvalue weighted by molar-refractivity contribution is 1.22. The molecule has 1 heterocycles. The number of hydrogen-bond donors (Lipinski definition) is 2. The van der Waals surface area contributed by atoms with Gasteiger partial charge in [0.25, 0.3) is 0 Å². The Balaban J connectivity index is 2.41. The fraction of sp³-hybridized carbons (Fsp3) is 0.143. The molecule has 0 radical (unpaired) electrons. The van der Waals surface area contributed by atoms with E-state index in [1.165, 1.54) is 0 Å². The molecule has 0 unspecified atom stereocenters. The number of nitrogen functional groups attached to an aromatic ring is 1. The van der Waals surface area contributed by atoms with E-state index < -0.39 is 0 Å². The van der Waals surface area contributed by atoms with Gasteiger partial charge in [-0.25, -0.2) is 4.98 Å². The molecule has 0 spiro atoms. The highest BCUT2D eigenvalue weighted by Crippen LogP contribution is 2.23. The van der Waals surface area contributed by atoms with Crippen molar-refractivity contribution in [1.82, 2.24) is 9.97 Å². The molecular formula is C14H14N4. The van der Waals surface area contributed by atoms with E-state index in [1.54, 1.807) is 7.05 Å². The molecule has 1 aliphatic carbocycles. The molecule has 90 valence electrons. The third-order valence-electron chi connectivity index (χ3n) is 3.13. The van der Waals surface area contributed by atoms with Crippen LogP contribution in [0.2, 0.25) is 0 Å². The van der Waals surface area contributed by atoms with E-state index in [4.69, 9.17) is 5.73 Å². The second-order valence-electron chi connectivity index (χ2n) is 4.39. The maximum Gasteiger partial charge on any atom is 0.0876 e. The van der Waals surface area contributed by atoms with E-state index in [0.717, 1.165) is 39.0 Å². The van der Waals surface area contributed by atoms with Crippen LogP contribution < -0.4 is 11.1 Å². The summed E-state index contributed by atoms with van der Waals surface area (Å²) >= 11 is 0. The number of aryl methyl sites for hydroxylation is 1. The number of aromatic amines is 1. The van der Waals surface area contributed by atoms with Crippen LogP contribution in [-0.4, -0.2) is 17.0 Å². The first-order valence-electron chi connectivity index (χ1n) is 5.80. The van der Waals surface area contributed by atoms with Crippen molar-refractivity contribution in [2.75, 3.05) is 12.8 Å². The van der Waals surface area contributed by atoms with Crippen molar-refractivity contribution in [3.05, 3.63) is 41.3 Å². The normalized spacial score (nSPS) is 12.4. The first kappa shape index (κ1) is 10.8. The first-order chi connectivity index (χ1) is 8.67. The van der Waals surface area contributed by atoms with Crippen molar-refractivity contribution < 1.29 is 0 Å². The topological polar surface area (TPSA) is 67.1 Å². The van der Waals surface area contributed by atoms with Gasteiger partial charge in [-0.3, -0.25) is 4.99 Å². The van der Waals surface area contributed by atoms with Crippen LogP contribution in [0.25, 0.3) is 22.4 Å². The average molecular weight is 238 g/mol. The number of rotatable bonds is 0. The first-order valence-corrected chi connectivity index (χ1v) is 5.80. The fourth-order valence-corrected chi connectivity index (χ4v) is 2.04. The van der Waals surface area contributed by atoms with Gasteiger partial charge in [0.1, 0.15) is 0 Å². The van der Waals surface area contributed by atoms with E-state index in [1.807, 2.05) is 37.3 Å². The summed E-state index contributed by atoms with van der Waals surface area (Å²) in [4.78, 5) is 12.1. The monoisotopic (exact) mass is 238 g/mol. The minimum atomic E-state index is 0.774. The number of nitrogens with zero attached hydrogens (tertiary/aromatic N) is 2. The maximum absolute atomic E-state index is 5.92. The Bertz CT molecular complexity index is 771. The fourth-order valence-electron chi connectivity index (χ4n) is 2.04.